The summed E-state index contributed by atoms with van der Waals surface area (Å²) in [5, 5.41) is 0. The molecule has 0 bridgehead atoms. The van der Waals surface area contributed by atoms with Gasteiger partial charge in [0.05, 0.1) is 13.0 Å². The molecule has 20 heavy (non-hydrogen) atoms. The standard InChI is InChI=1S/C15H18BrNO3/c1-10-5-6-12(16)8-13(10)14(18)17-7-3-4-11(9-17)15(19)20-2/h5-6,8,11H,3-4,7,9H2,1-2H3. The van der Waals surface area contributed by atoms with Gasteiger partial charge < -0.3 is 9.64 Å². The lowest BCUT2D eigenvalue weighted by Gasteiger charge is -2.31. The van der Waals surface area contributed by atoms with Crippen molar-refractivity contribution in [3.05, 3.63) is 33.8 Å². The first-order valence-corrected chi connectivity index (χ1v) is 7.45. The molecule has 0 radical (unpaired) electrons. The first kappa shape index (κ1) is 15.0. The van der Waals surface area contributed by atoms with Crippen LogP contribution in [0, 0.1) is 12.8 Å². The Balaban J connectivity index is 2.16. The summed E-state index contributed by atoms with van der Waals surface area (Å²) in [6.45, 7) is 3.05. The number of carbonyl (C=O) groups is 2. The van der Waals surface area contributed by atoms with Crippen molar-refractivity contribution in [2.45, 2.75) is 19.8 Å². The third-order valence-corrected chi connectivity index (χ3v) is 4.17. The van der Waals surface area contributed by atoms with Crippen LogP contribution in [0.25, 0.3) is 0 Å². The number of ether oxygens (including phenoxy) is 1. The molecule has 2 rings (SSSR count). The van der Waals surface area contributed by atoms with Crippen molar-refractivity contribution < 1.29 is 14.3 Å². The van der Waals surface area contributed by atoms with Gasteiger partial charge in [0.2, 0.25) is 0 Å². The van der Waals surface area contributed by atoms with E-state index in [-0.39, 0.29) is 17.8 Å². The number of esters is 1. The Kier molecular flexibility index (Phi) is 4.81. The highest BCUT2D eigenvalue weighted by Gasteiger charge is 2.29. The third-order valence-electron chi connectivity index (χ3n) is 3.67. The summed E-state index contributed by atoms with van der Waals surface area (Å²) in [4.78, 5) is 26.0. The molecular weight excluding hydrogens is 322 g/mol. The average molecular weight is 340 g/mol. The van der Waals surface area contributed by atoms with E-state index in [1.807, 2.05) is 25.1 Å². The van der Waals surface area contributed by atoms with Crippen molar-refractivity contribution in [1.29, 1.82) is 0 Å². The maximum absolute atomic E-state index is 12.6. The molecule has 0 aromatic heterocycles. The van der Waals surface area contributed by atoms with E-state index in [4.69, 9.17) is 4.74 Å². The van der Waals surface area contributed by atoms with Crippen molar-refractivity contribution in [3.63, 3.8) is 0 Å². The van der Waals surface area contributed by atoms with Gasteiger partial charge in [0.1, 0.15) is 0 Å². The molecule has 1 saturated heterocycles. The van der Waals surface area contributed by atoms with Gasteiger partial charge in [0, 0.05) is 23.1 Å². The highest BCUT2D eigenvalue weighted by Crippen LogP contribution is 2.22. The Morgan fingerprint density at radius 2 is 2.15 bits per heavy atom. The van der Waals surface area contributed by atoms with Crippen LogP contribution in [0.3, 0.4) is 0 Å². The molecule has 5 heteroatoms. The molecule has 4 nitrogen and oxygen atoms in total. The average Bonchev–Trinajstić information content (AvgIpc) is 2.48. The number of carbonyl (C=O) groups excluding carboxylic acids is 2. The number of likely N-dealkylation sites (tertiary alicyclic amines) is 1. The number of benzene rings is 1. The van der Waals surface area contributed by atoms with E-state index in [2.05, 4.69) is 15.9 Å². The second-order valence-corrected chi connectivity index (χ2v) is 5.99. The molecular formula is C15H18BrNO3. The minimum absolute atomic E-state index is 0.0163. The summed E-state index contributed by atoms with van der Waals surface area (Å²) >= 11 is 3.39. The van der Waals surface area contributed by atoms with Crippen molar-refractivity contribution in [1.82, 2.24) is 4.90 Å². The number of nitrogens with zero attached hydrogens (tertiary/aromatic N) is 1. The predicted molar refractivity (Wildman–Crippen MR) is 79.5 cm³/mol. The number of halogens is 1. The maximum atomic E-state index is 12.6. The molecule has 1 aromatic rings. The molecule has 1 unspecified atom stereocenters. The fourth-order valence-corrected chi connectivity index (χ4v) is 2.88. The zero-order chi connectivity index (χ0) is 14.7. The first-order chi connectivity index (χ1) is 9.52. The van der Waals surface area contributed by atoms with E-state index in [1.165, 1.54) is 7.11 Å². The number of amides is 1. The Morgan fingerprint density at radius 3 is 2.85 bits per heavy atom. The van der Waals surface area contributed by atoms with E-state index in [0.717, 1.165) is 22.9 Å². The number of piperidine rings is 1. The summed E-state index contributed by atoms with van der Waals surface area (Å²) in [5.41, 5.74) is 1.63. The Bertz CT molecular complexity index is 530. The summed E-state index contributed by atoms with van der Waals surface area (Å²) in [5.74, 6) is -0.448. The third kappa shape index (κ3) is 3.20. The molecule has 1 fully saturated rings. The molecule has 108 valence electrons. The Labute approximate surface area is 127 Å². The fourth-order valence-electron chi connectivity index (χ4n) is 2.52. The van der Waals surface area contributed by atoms with Crippen molar-refractivity contribution in [2.24, 2.45) is 5.92 Å². The topological polar surface area (TPSA) is 46.6 Å². The van der Waals surface area contributed by atoms with Crippen molar-refractivity contribution in [3.8, 4) is 0 Å². The van der Waals surface area contributed by atoms with E-state index >= 15 is 0 Å². The predicted octanol–water partition coefficient (Wildman–Crippen LogP) is 2.78. The lowest BCUT2D eigenvalue weighted by atomic mass is 9.97. The minimum Gasteiger partial charge on any atom is -0.469 e. The summed E-state index contributed by atoms with van der Waals surface area (Å²) < 4.78 is 5.66. The number of hydrogen-bond acceptors (Lipinski definition) is 3. The largest absolute Gasteiger partial charge is 0.469 e. The summed E-state index contributed by atoms with van der Waals surface area (Å²) in [6.07, 6.45) is 1.62. The minimum atomic E-state index is -0.228. The van der Waals surface area contributed by atoms with Gasteiger partial charge >= 0.3 is 5.97 Å². The SMILES string of the molecule is COC(=O)C1CCCN(C(=O)c2cc(Br)ccc2C)C1. The van der Waals surface area contributed by atoms with Crippen LogP contribution in [0.1, 0.15) is 28.8 Å². The molecule has 1 aliphatic heterocycles. The molecule has 1 aromatic carbocycles. The number of methoxy groups -OCH3 is 1. The Morgan fingerprint density at radius 1 is 1.40 bits per heavy atom. The van der Waals surface area contributed by atoms with E-state index in [1.54, 1.807) is 4.90 Å². The fraction of sp³-hybridized carbons (Fsp3) is 0.467. The maximum Gasteiger partial charge on any atom is 0.310 e. The van der Waals surface area contributed by atoms with Crippen LogP contribution in [-0.4, -0.2) is 37.0 Å². The number of aryl methyl sites for hydroxylation is 1. The van der Waals surface area contributed by atoms with Crippen LogP contribution in [0.5, 0.6) is 0 Å². The van der Waals surface area contributed by atoms with Crippen LogP contribution in [0.15, 0.2) is 22.7 Å². The number of rotatable bonds is 2. The summed E-state index contributed by atoms with van der Waals surface area (Å²) in [6, 6.07) is 5.66. The highest BCUT2D eigenvalue weighted by atomic mass is 79.9. The van der Waals surface area contributed by atoms with Gasteiger partial charge in [-0.15, -0.1) is 0 Å². The van der Waals surface area contributed by atoms with Gasteiger partial charge in [-0.3, -0.25) is 9.59 Å². The molecule has 0 saturated carbocycles. The van der Waals surface area contributed by atoms with Crippen molar-refractivity contribution in [2.75, 3.05) is 20.2 Å². The van der Waals surface area contributed by atoms with Crippen molar-refractivity contribution >= 4 is 27.8 Å². The van der Waals surface area contributed by atoms with Gasteiger partial charge in [0.25, 0.3) is 5.91 Å². The zero-order valence-corrected chi connectivity index (χ0v) is 13.3. The van der Waals surface area contributed by atoms with Crippen LogP contribution in [0.4, 0.5) is 0 Å². The van der Waals surface area contributed by atoms with E-state index in [0.29, 0.717) is 18.7 Å². The van der Waals surface area contributed by atoms with Gasteiger partial charge in [0.15, 0.2) is 0 Å². The molecule has 1 aliphatic rings. The molecule has 1 amide bonds. The second kappa shape index (κ2) is 6.39. The first-order valence-electron chi connectivity index (χ1n) is 6.66. The van der Waals surface area contributed by atoms with Crippen LogP contribution in [-0.2, 0) is 9.53 Å². The Hall–Kier alpha value is -1.36. The lowest BCUT2D eigenvalue weighted by molar-refractivity contribution is -0.146. The van der Waals surface area contributed by atoms with Crippen LogP contribution in [0.2, 0.25) is 0 Å². The molecule has 1 atom stereocenters. The normalized spacial score (nSPS) is 18.8. The molecule has 0 N–H and O–H groups in total. The van der Waals surface area contributed by atoms with Gasteiger partial charge in [-0.05, 0) is 37.5 Å². The molecule has 0 aliphatic carbocycles. The smallest absolute Gasteiger partial charge is 0.310 e. The highest BCUT2D eigenvalue weighted by molar-refractivity contribution is 9.10. The second-order valence-electron chi connectivity index (χ2n) is 5.07. The van der Waals surface area contributed by atoms with Gasteiger partial charge in [-0.1, -0.05) is 22.0 Å². The van der Waals surface area contributed by atoms with E-state index in [9.17, 15) is 9.59 Å². The zero-order valence-electron chi connectivity index (χ0n) is 11.7. The molecule has 1 heterocycles. The monoisotopic (exact) mass is 339 g/mol. The summed E-state index contributed by atoms with van der Waals surface area (Å²) in [7, 11) is 1.39. The molecule has 0 spiro atoms. The van der Waals surface area contributed by atoms with Gasteiger partial charge in [-0.25, -0.2) is 0 Å². The number of hydrogen-bond donors (Lipinski definition) is 0. The quantitative estimate of drug-likeness (QED) is 0.778. The van der Waals surface area contributed by atoms with Gasteiger partial charge in [-0.2, -0.15) is 0 Å². The van der Waals surface area contributed by atoms with Crippen LogP contribution < -0.4 is 0 Å². The van der Waals surface area contributed by atoms with E-state index < -0.39 is 0 Å². The lowest BCUT2D eigenvalue weighted by Crippen LogP contribution is -2.42. The van der Waals surface area contributed by atoms with Crippen LogP contribution >= 0.6 is 15.9 Å².